The molecular weight excluding hydrogens is 364 g/mol. The molecule has 6 heteroatoms. The Balaban J connectivity index is 1.84. The molecule has 0 saturated carbocycles. The predicted molar refractivity (Wildman–Crippen MR) is 108 cm³/mol. The average molecular weight is 383 g/mol. The Morgan fingerprint density at radius 1 is 1.19 bits per heavy atom. The van der Waals surface area contributed by atoms with Gasteiger partial charge in [0.25, 0.3) is 0 Å². The summed E-state index contributed by atoms with van der Waals surface area (Å²) >= 11 is 6.39. The summed E-state index contributed by atoms with van der Waals surface area (Å²) < 4.78 is 11.4. The number of amides is 1. The SMILES string of the molecule is COc1cc(/C=N/NC(C)=O)cc(Cl)c1OCc1cccc2ccccc12. The van der Waals surface area contributed by atoms with Crippen molar-refractivity contribution in [2.45, 2.75) is 13.5 Å². The van der Waals surface area contributed by atoms with Gasteiger partial charge in [-0.25, -0.2) is 5.43 Å². The van der Waals surface area contributed by atoms with Crippen LogP contribution in [0.1, 0.15) is 18.1 Å². The first-order valence-electron chi connectivity index (χ1n) is 8.35. The zero-order chi connectivity index (χ0) is 19.2. The van der Waals surface area contributed by atoms with Crippen molar-refractivity contribution in [3.63, 3.8) is 0 Å². The van der Waals surface area contributed by atoms with Crippen molar-refractivity contribution in [1.29, 1.82) is 0 Å². The zero-order valence-corrected chi connectivity index (χ0v) is 15.8. The number of methoxy groups -OCH3 is 1. The smallest absolute Gasteiger partial charge is 0.236 e. The fourth-order valence-electron chi connectivity index (χ4n) is 2.72. The molecule has 0 aliphatic heterocycles. The molecule has 138 valence electrons. The molecule has 27 heavy (non-hydrogen) atoms. The van der Waals surface area contributed by atoms with Gasteiger partial charge in [-0.05, 0) is 34.0 Å². The Hall–Kier alpha value is -3.05. The molecular formula is C21H19ClN2O3. The van der Waals surface area contributed by atoms with Gasteiger partial charge in [-0.1, -0.05) is 54.1 Å². The van der Waals surface area contributed by atoms with E-state index >= 15 is 0 Å². The number of carbonyl (C=O) groups is 1. The summed E-state index contributed by atoms with van der Waals surface area (Å²) in [6, 6.07) is 17.7. The van der Waals surface area contributed by atoms with Gasteiger partial charge < -0.3 is 9.47 Å². The Labute approximate surface area is 162 Å². The number of hydrogen-bond donors (Lipinski definition) is 1. The number of benzene rings is 3. The van der Waals surface area contributed by atoms with Gasteiger partial charge in [0.2, 0.25) is 5.91 Å². The molecule has 5 nitrogen and oxygen atoms in total. The van der Waals surface area contributed by atoms with E-state index in [2.05, 4.69) is 28.7 Å². The first kappa shape index (κ1) is 18.7. The molecule has 0 radical (unpaired) electrons. The van der Waals surface area contributed by atoms with E-state index in [0.717, 1.165) is 16.3 Å². The van der Waals surface area contributed by atoms with E-state index < -0.39 is 0 Å². The van der Waals surface area contributed by atoms with E-state index in [0.29, 0.717) is 28.7 Å². The van der Waals surface area contributed by atoms with E-state index in [4.69, 9.17) is 21.1 Å². The summed E-state index contributed by atoms with van der Waals surface area (Å²) in [7, 11) is 1.55. The Bertz CT molecular complexity index is 997. The lowest BCUT2D eigenvalue weighted by Crippen LogP contribution is -2.12. The van der Waals surface area contributed by atoms with Gasteiger partial charge in [-0.15, -0.1) is 0 Å². The van der Waals surface area contributed by atoms with Crippen LogP contribution in [0, 0.1) is 0 Å². The standard InChI is InChI=1S/C21H19ClN2O3/c1-14(25)24-23-12-15-10-19(22)21(20(11-15)26-2)27-13-17-8-5-7-16-6-3-4-9-18(16)17/h3-12H,13H2,1-2H3,(H,24,25)/b23-12+. The topological polar surface area (TPSA) is 59.9 Å². The number of hydrazone groups is 1. The Morgan fingerprint density at radius 3 is 2.74 bits per heavy atom. The van der Waals surface area contributed by atoms with E-state index in [1.165, 1.54) is 13.1 Å². The second-order valence-electron chi connectivity index (χ2n) is 5.89. The van der Waals surface area contributed by atoms with Gasteiger partial charge in [-0.3, -0.25) is 4.79 Å². The van der Waals surface area contributed by atoms with Crippen molar-refractivity contribution in [2.24, 2.45) is 5.10 Å². The average Bonchev–Trinajstić information content (AvgIpc) is 2.66. The van der Waals surface area contributed by atoms with Crippen LogP contribution in [0.4, 0.5) is 0 Å². The molecule has 0 heterocycles. The Morgan fingerprint density at radius 2 is 1.96 bits per heavy atom. The highest BCUT2D eigenvalue weighted by atomic mass is 35.5. The van der Waals surface area contributed by atoms with Gasteiger partial charge in [0.15, 0.2) is 11.5 Å². The van der Waals surface area contributed by atoms with E-state index in [1.54, 1.807) is 19.2 Å². The number of rotatable bonds is 6. The number of fused-ring (bicyclic) bond motifs is 1. The maximum Gasteiger partial charge on any atom is 0.236 e. The minimum absolute atomic E-state index is 0.251. The number of nitrogens with one attached hydrogen (secondary N) is 1. The summed E-state index contributed by atoms with van der Waals surface area (Å²) in [5.41, 5.74) is 4.09. The van der Waals surface area contributed by atoms with E-state index in [-0.39, 0.29) is 5.91 Å². The van der Waals surface area contributed by atoms with Crippen molar-refractivity contribution in [1.82, 2.24) is 5.43 Å². The van der Waals surface area contributed by atoms with Crippen LogP contribution >= 0.6 is 11.6 Å². The molecule has 1 amide bonds. The maximum absolute atomic E-state index is 10.9. The molecule has 0 saturated heterocycles. The lowest BCUT2D eigenvalue weighted by Gasteiger charge is -2.14. The third-order valence-electron chi connectivity index (χ3n) is 3.94. The fourth-order valence-corrected chi connectivity index (χ4v) is 2.99. The molecule has 3 aromatic carbocycles. The minimum Gasteiger partial charge on any atom is -0.493 e. The molecule has 0 spiro atoms. The molecule has 0 aliphatic carbocycles. The summed E-state index contributed by atoms with van der Waals surface area (Å²) in [6.07, 6.45) is 1.49. The molecule has 0 fully saturated rings. The van der Waals surface area contributed by atoms with Crippen molar-refractivity contribution >= 4 is 34.5 Å². The van der Waals surface area contributed by atoms with Crippen LogP contribution in [-0.4, -0.2) is 19.2 Å². The van der Waals surface area contributed by atoms with Gasteiger partial charge in [0.1, 0.15) is 6.61 Å². The van der Waals surface area contributed by atoms with Crippen LogP contribution in [0.2, 0.25) is 5.02 Å². The van der Waals surface area contributed by atoms with Crippen molar-refractivity contribution in [3.8, 4) is 11.5 Å². The van der Waals surface area contributed by atoms with Gasteiger partial charge in [-0.2, -0.15) is 5.10 Å². The third kappa shape index (κ3) is 4.57. The van der Waals surface area contributed by atoms with Crippen LogP contribution in [0.15, 0.2) is 59.7 Å². The highest BCUT2D eigenvalue weighted by Gasteiger charge is 2.12. The van der Waals surface area contributed by atoms with Crippen LogP contribution in [0.3, 0.4) is 0 Å². The predicted octanol–water partition coefficient (Wildman–Crippen LogP) is 4.55. The quantitative estimate of drug-likeness (QED) is 0.502. The summed E-state index contributed by atoms with van der Waals surface area (Å²) in [4.78, 5) is 10.9. The second-order valence-corrected chi connectivity index (χ2v) is 6.29. The van der Waals surface area contributed by atoms with E-state index in [9.17, 15) is 4.79 Å². The van der Waals surface area contributed by atoms with Crippen molar-refractivity contribution < 1.29 is 14.3 Å². The van der Waals surface area contributed by atoms with Gasteiger partial charge in [0, 0.05) is 6.92 Å². The number of hydrogen-bond acceptors (Lipinski definition) is 4. The summed E-state index contributed by atoms with van der Waals surface area (Å²) in [6.45, 7) is 1.74. The number of ether oxygens (including phenoxy) is 2. The largest absolute Gasteiger partial charge is 0.493 e. The zero-order valence-electron chi connectivity index (χ0n) is 15.0. The molecule has 3 rings (SSSR count). The van der Waals surface area contributed by atoms with Crippen LogP contribution in [-0.2, 0) is 11.4 Å². The van der Waals surface area contributed by atoms with Gasteiger partial charge in [0.05, 0.1) is 18.3 Å². The molecule has 0 unspecified atom stereocenters. The number of carbonyl (C=O) groups excluding carboxylic acids is 1. The highest BCUT2D eigenvalue weighted by molar-refractivity contribution is 6.32. The second kappa shape index (κ2) is 8.56. The van der Waals surface area contributed by atoms with Crippen molar-refractivity contribution in [2.75, 3.05) is 7.11 Å². The minimum atomic E-state index is -0.251. The third-order valence-corrected chi connectivity index (χ3v) is 4.22. The first-order valence-corrected chi connectivity index (χ1v) is 8.73. The molecule has 1 N–H and O–H groups in total. The normalized spacial score (nSPS) is 10.9. The molecule has 0 aromatic heterocycles. The van der Waals surface area contributed by atoms with Crippen LogP contribution in [0.25, 0.3) is 10.8 Å². The monoisotopic (exact) mass is 382 g/mol. The van der Waals surface area contributed by atoms with E-state index in [1.807, 2.05) is 24.3 Å². The number of nitrogens with zero attached hydrogens (tertiary/aromatic N) is 1. The molecule has 0 bridgehead atoms. The lowest BCUT2D eigenvalue weighted by atomic mass is 10.1. The first-order chi connectivity index (χ1) is 13.1. The van der Waals surface area contributed by atoms with Crippen LogP contribution < -0.4 is 14.9 Å². The summed E-state index contributed by atoms with van der Waals surface area (Å²) in [5, 5.41) is 6.52. The maximum atomic E-state index is 10.9. The van der Waals surface area contributed by atoms with Gasteiger partial charge >= 0.3 is 0 Å². The Kier molecular flexibility index (Phi) is 5.94. The lowest BCUT2D eigenvalue weighted by molar-refractivity contribution is -0.118. The molecule has 0 aliphatic rings. The summed E-state index contributed by atoms with van der Waals surface area (Å²) in [5.74, 6) is 0.704. The molecule has 3 aromatic rings. The van der Waals surface area contributed by atoms with Crippen molar-refractivity contribution in [3.05, 3.63) is 70.7 Å². The van der Waals surface area contributed by atoms with Crippen LogP contribution in [0.5, 0.6) is 11.5 Å². The number of halogens is 1. The fraction of sp³-hybridized carbons (Fsp3) is 0.143. The molecule has 0 atom stereocenters. The highest BCUT2D eigenvalue weighted by Crippen LogP contribution is 2.37.